The number of carbonyl (C=O) groups excluding carboxylic acids is 1. The van der Waals surface area contributed by atoms with Crippen LogP contribution in [0.2, 0.25) is 0 Å². The van der Waals surface area contributed by atoms with Gasteiger partial charge in [-0.1, -0.05) is 13.8 Å². The predicted octanol–water partition coefficient (Wildman–Crippen LogP) is 5.26. The van der Waals surface area contributed by atoms with E-state index in [1.165, 1.54) is 10.6 Å². The van der Waals surface area contributed by atoms with Crippen molar-refractivity contribution in [1.82, 2.24) is 4.57 Å². The zero-order valence-electron chi connectivity index (χ0n) is 14.8. The van der Waals surface area contributed by atoms with Gasteiger partial charge in [0.05, 0.1) is 16.7 Å². The summed E-state index contributed by atoms with van der Waals surface area (Å²) >= 11 is 0. The minimum atomic E-state index is -4.95. The van der Waals surface area contributed by atoms with E-state index in [9.17, 15) is 31.1 Å². The highest BCUT2D eigenvalue weighted by atomic mass is 19.4. The summed E-state index contributed by atoms with van der Waals surface area (Å²) in [7, 11) is 0. The van der Waals surface area contributed by atoms with E-state index in [2.05, 4.69) is 0 Å². The molecule has 0 aliphatic rings. The van der Waals surface area contributed by atoms with Crippen molar-refractivity contribution in [1.29, 1.82) is 0 Å². The molecule has 1 amide bonds. The van der Waals surface area contributed by atoms with Gasteiger partial charge in [-0.15, -0.1) is 0 Å². The molecule has 2 N–H and O–H groups in total. The normalized spacial score (nSPS) is 12.7. The Morgan fingerprint density at radius 2 is 1.48 bits per heavy atom. The van der Waals surface area contributed by atoms with Gasteiger partial charge >= 0.3 is 12.4 Å². The molecule has 148 valence electrons. The van der Waals surface area contributed by atoms with Gasteiger partial charge in [-0.05, 0) is 42.7 Å². The van der Waals surface area contributed by atoms with Gasteiger partial charge in [0.25, 0.3) is 5.91 Å². The molecule has 0 bridgehead atoms. The van der Waals surface area contributed by atoms with Gasteiger partial charge in [0.1, 0.15) is 0 Å². The Morgan fingerprint density at radius 1 is 1.00 bits per heavy atom. The van der Waals surface area contributed by atoms with Crippen LogP contribution in [0.1, 0.15) is 41.0 Å². The standard InChI is InChI=1S/C18H18F6N2O/c1-9(2)8-26-10(3)14(16(25)27)7-15(26)11-4-12(17(19,20)21)6-13(5-11)18(22,23)24/h4-7,9H,8H2,1-3H3,(H2,25,27). The van der Waals surface area contributed by atoms with E-state index >= 15 is 0 Å². The molecule has 9 heteroatoms. The van der Waals surface area contributed by atoms with Crippen LogP contribution in [0, 0.1) is 12.8 Å². The molecule has 0 aliphatic heterocycles. The molecular formula is C18H18F6N2O. The number of nitrogens with zero attached hydrogens (tertiary/aromatic N) is 1. The fourth-order valence-electron chi connectivity index (χ4n) is 2.84. The Labute approximate surface area is 151 Å². The van der Waals surface area contributed by atoms with Gasteiger partial charge in [-0.3, -0.25) is 4.79 Å². The molecular weight excluding hydrogens is 374 g/mol. The highest BCUT2D eigenvalue weighted by molar-refractivity contribution is 5.95. The Hall–Kier alpha value is -2.45. The smallest absolute Gasteiger partial charge is 0.366 e. The highest BCUT2D eigenvalue weighted by Gasteiger charge is 2.37. The van der Waals surface area contributed by atoms with Crippen LogP contribution >= 0.6 is 0 Å². The number of nitrogens with two attached hydrogens (primary N) is 1. The zero-order chi connectivity index (χ0) is 20.7. The van der Waals surface area contributed by atoms with Crippen molar-refractivity contribution in [3.63, 3.8) is 0 Å². The number of benzene rings is 1. The van der Waals surface area contributed by atoms with Crippen molar-refractivity contribution >= 4 is 5.91 Å². The summed E-state index contributed by atoms with van der Waals surface area (Å²) in [4.78, 5) is 11.6. The molecule has 2 rings (SSSR count). The molecule has 0 spiro atoms. The fourth-order valence-corrected chi connectivity index (χ4v) is 2.84. The first-order chi connectivity index (χ1) is 12.2. The first-order valence-electron chi connectivity index (χ1n) is 8.01. The molecule has 0 aliphatic carbocycles. The van der Waals surface area contributed by atoms with Crippen LogP contribution in [0.15, 0.2) is 24.3 Å². The molecule has 0 unspecified atom stereocenters. The van der Waals surface area contributed by atoms with E-state index in [0.29, 0.717) is 24.4 Å². The van der Waals surface area contributed by atoms with Crippen molar-refractivity contribution in [2.24, 2.45) is 11.7 Å². The SMILES string of the molecule is Cc1c(C(N)=O)cc(-c2cc(C(F)(F)F)cc(C(F)(F)F)c2)n1CC(C)C. The molecule has 2 aromatic rings. The maximum Gasteiger partial charge on any atom is 0.416 e. The number of rotatable bonds is 4. The van der Waals surface area contributed by atoms with Gasteiger partial charge in [0.15, 0.2) is 0 Å². The maximum atomic E-state index is 13.1. The van der Waals surface area contributed by atoms with E-state index in [0.717, 1.165) is 0 Å². The molecule has 0 fully saturated rings. The van der Waals surface area contributed by atoms with Crippen molar-refractivity contribution in [3.05, 3.63) is 46.6 Å². The molecule has 0 saturated heterocycles. The summed E-state index contributed by atoms with van der Waals surface area (Å²) in [5.41, 5.74) is 2.69. The maximum absolute atomic E-state index is 13.1. The second kappa shape index (κ2) is 6.94. The summed E-state index contributed by atoms with van der Waals surface area (Å²) in [6.45, 7) is 5.51. The van der Waals surface area contributed by atoms with Crippen molar-refractivity contribution < 1.29 is 31.1 Å². The second-order valence-electron chi connectivity index (χ2n) is 6.69. The van der Waals surface area contributed by atoms with E-state index in [1.54, 1.807) is 6.92 Å². The second-order valence-corrected chi connectivity index (χ2v) is 6.69. The number of carbonyl (C=O) groups is 1. The van der Waals surface area contributed by atoms with Crippen molar-refractivity contribution in [2.45, 2.75) is 39.7 Å². The lowest BCUT2D eigenvalue weighted by Gasteiger charge is -2.17. The van der Waals surface area contributed by atoms with E-state index in [4.69, 9.17) is 5.73 Å². The quantitative estimate of drug-likeness (QED) is 0.710. The lowest BCUT2D eigenvalue weighted by Crippen LogP contribution is -2.14. The van der Waals surface area contributed by atoms with Crippen LogP contribution in [-0.4, -0.2) is 10.5 Å². The topological polar surface area (TPSA) is 48.0 Å². The van der Waals surface area contributed by atoms with Gasteiger partial charge in [-0.25, -0.2) is 0 Å². The first kappa shape index (κ1) is 20.9. The minimum absolute atomic E-state index is 0.0310. The number of hydrogen-bond donors (Lipinski definition) is 1. The van der Waals surface area contributed by atoms with E-state index < -0.39 is 29.4 Å². The number of primary amides is 1. The predicted molar refractivity (Wildman–Crippen MR) is 88.0 cm³/mol. The number of halogens is 6. The van der Waals surface area contributed by atoms with E-state index in [1.807, 2.05) is 13.8 Å². The Bertz CT molecular complexity index is 830. The van der Waals surface area contributed by atoms with Crippen LogP contribution < -0.4 is 5.73 Å². The fraction of sp³-hybridized carbons (Fsp3) is 0.389. The number of aromatic nitrogens is 1. The lowest BCUT2D eigenvalue weighted by atomic mass is 10.0. The number of hydrogen-bond acceptors (Lipinski definition) is 1. The van der Waals surface area contributed by atoms with Crippen LogP contribution in [0.25, 0.3) is 11.3 Å². The summed E-state index contributed by atoms with van der Waals surface area (Å²) in [6.07, 6.45) is -9.90. The number of amides is 1. The molecule has 1 aromatic carbocycles. The molecule has 1 aromatic heterocycles. The zero-order valence-corrected chi connectivity index (χ0v) is 14.8. The average molecular weight is 392 g/mol. The summed E-state index contributed by atoms with van der Waals surface area (Å²) in [6, 6.07) is 2.59. The van der Waals surface area contributed by atoms with Gasteiger partial charge < -0.3 is 10.3 Å². The molecule has 0 atom stereocenters. The minimum Gasteiger partial charge on any atom is -0.366 e. The van der Waals surface area contributed by atoms with Gasteiger partial charge in [-0.2, -0.15) is 26.3 Å². The molecule has 3 nitrogen and oxygen atoms in total. The highest BCUT2D eigenvalue weighted by Crippen LogP contribution is 2.39. The Kier molecular flexibility index (Phi) is 5.36. The number of alkyl halides is 6. The molecule has 27 heavy (non-hydrogen) atoms. The molecule has 1 heterocycles. The van der Waals surface area contributed by atoms with Crippen LogP contribution in [0.3, 0.4) is 0 Å². The lowest BCUT2D eigenvalue weighted by molar-refractivity contribution is -0.143. The Morgan fingerprint density at radius 3 is 1.85 bits per heavy atom. The van der Waals surface area contributed by atoms with Crippen LogP contribution in [0.5, 0.6) is 0 Å². The summed E-state index contributed by atoms with van der Waals surface area (Å²) in [5.74, 6) is -0.775. The average Bonchev–Trinajstić information content (AvgIpc) is 2.82. The molecule has 0 radical (unpaired) electrons. The van der Waals surface area contributed by atoms with Gasteiger partial charge in [0, 0.05) is 17.9 Å². The third-order valence-corrected chi connectivity index (χ3v) is 4.06. The summed E-state index contributed by atoms with van der Waals surface area (Å²) < 4.78 is 80.3. The van der Waals surface area contributed by atoms with Crippen LogP contribution in [-0.2, 0) is 18.9 Å². The third kappa shape index (κ3) is 4.45. The summed E-state index contributed by atoms with van der Waals surface area (Å²) in [5, 5.41) is 0. The Balaban J connectivity index is 2.80. The van der Waals surface area contributed by atoms with E-state index in [-0.39, 0.29) is 28.8 Å². The molecule has 0 saturated carbocycles. The van der Waals surface area contributed by atoms with Gasteiger partial charge in [0.2, 0.25) is 0 Å². The van der Waals surface area contributed by atoms with Crippen LogP contribution in [0.4, 0.5) is 26.3 Å². The third-order valence-electron chi connectivity index (χ3n) is 4.06. The first-order valence-corrected chi connectivity index (χ1v) is 8.01. The van der Waals surface area contributed by atoms with Crippen molar-refractivity contribution in [2.75, 3.05) is 0 Å². The monoisotopic (exact) mass is 392 g/mol. The van der Waals surface area contributed by atoms with Crippen molar-refractivity contribution in [3.8, 4) is 11.3 Å². The largest absolute Gasteiger partial charge is 0.416 e.